The maximum absolute atomic E-state index is 11.8. The SMILES string of the molecule is COCCOCCCNC(=O)CC(C)c1ccc(N)cc1. The van der Waals surface area contributed by atoms with Gasteiger partial charge in [-0.1, -0.05) is 19.1 Å². The summed E-state index contributed by atoms with van der Waals surface area (Å²) in [6.45, 7) is 4.51. The van der Waals surface area contributed by atoms with Gasteiger partial charge in [-0.2, -0.15) is 0 Å². The molecule has 0 saturated heterocycles. The van der Waals surface area contributed by atoms with E-state index in [1.807, 2.05) is 31.2 Å². The largest absolute Gasteiger partial charge is 0.399 e. The molecule has 0 bridgehead atoms. The fourth-order valence-electron chi connectivity index (χ4n) is 1.94. The first kappa shape index (κ1) is 17.5. The van der Waals surface area contributed by atoms with Crippen molar-refractivity contribution in [1.29, 1.82) is 0 Å². The van der Waals surface area contributed by atoms with Gasteiger partial charge in [-0.25, -0.2) is 0 Å². The highest BCUT2D eigenvalue weighted by Crippen LogP contribution is 2.19. The molecule has 0 aliphatic carbocycles. The first-order valence-corrected chi connectivity index (χ1v) is 7.32. The van der Waals surface area contributed by atoms with Gasteiger partial charge in [0.15, 0.2) is 0 Å². The van der Waals surface area contributed by atoms with E-state index in [2.05, 4.69) is 5.32 Å². The van der Waals surface area contributed by atoms with Crippen LogP contribution in [0.25, 0.3) is 0 Å². The average Bonchev–Trinajstić information content (AvgIpc) is 2.47. The summed E-state index contributed by atoms with van der Waals surface area (Å²) in [4.78, 5) is 11.8. The second-order valence-electron chi connectivity index (χ2n) is 5.08. The Bertz CT molecular complexity index is 406. The molecule has 1 aromatic rings. The van der Waals surface area contributed by atoms with Crippen LogP contribution in [0.5, 0.6) is 0 Å². The minimum absolute atomic E-state index is 0.0659. The van der Waals surface area contributed by atoms with E-state index in [4.69, 9.17) is 15.2 Å². The Morgan fingerprint density at radius 1 is 1.24 bits per heavy atom. The molecule has 0 heterocycles. The summed E-state index contributed by atoms with van der Waals surface area (Å²) in [5.74, 6) is 0.250. The Balaban J connectivity index is 2.14. The quantitative estimate of drug-likeness (QED) is 0.511. The Morgan fingerprint density at radius 2 is 1.95 bits per heavy atom. The Morgan fingerprint density at radius 3 is 2.62 bits per heavy atom. The molecule has 1 amide bonds. The lowest BCUT2D eigenvalue weighted by atomic mass is 9.97. The molecule has 0 spiro atoms. The molecule has 0 saturated carbocycles. The first-order chi connectivity index (χ1) is 10.1. The topological polar surface area (TPSA) is 73.6 Å². The number of rotatable bonds is 10. The van der Waals surface area contributed by atoms with Crippen LogP contribution in [-0.2, 0) is 14.3 Å². The number of benzene rings is 1. The van der Waals surface area contributed by atoms with Crippen molar-refractivity contribution < 1.29 is 14.3 Å². The number of hydrogen-bond acceptors (Lipinski definition) is 4. The molecule has 3 N–H and O–H groups in total. The van der Waals surface area contributed by atoms with Crippen LogP contribution >= 0.6 is 0 Å². The van der Waals surface area contributed by atoms with E-state index in [1.54, 1.807) is 7.11 Å². The molecular formula is C16H26N2O3. The lowest BCUT2D eigenvalue weighted by molar-refractivity contribution is -0.121. The summed E-state index contributed by atoms with van der Waals surface area (Å²) in [6, 6.07) is 7.66. The van der Waals surface area contributed by atoms with Crippen molar-refractivity contribution in [2.75, 3.05) is 39.2 Å². The number of methoxy groups -OCH3 is 1. The molecule has 1 rings (SSSR count). The van der Waals surface area contributed by atoms with Crippen molar-refractivity contribution in [3.8, 4) is 0 Å². The summed E-state index contributed by atoms with van der Waals surface area (Å²) in [7, 11) is 1.64. The predicted octanol–water partition coefficient (Wildman–Crippen LogP) is 1.93. The second-order valence-corrected chi connectivity index (χ2v) is 5.08. The molecule has 5 nitrogen and oxygen atoms in total. The number of nitrogen functional groups attached to an aromatic ring is 1. The number of ether oxygens (including phenoxy) is 2. The standard InChI is InChI=1S/C16H26N2O3/c1-13(14-4-6-15(17)7-5-14)12-16(19)18-8-3-9-21-11-10-20-2/h4-7,13H,3,8-12,17H2,1-2H3,(H,18,19). The molecule has 0 aromatic heterocycles. The Kier molecular flexibility index (Phi) is 8.47. The molecule has 0 aliphatic rings. The summed E-state index contributed by atoms with van der Waals surface area (Å²) < 4.78 is 10.2. The lowest BCUT2D eigenvalue weighted by Crippen LogP contribution is -2.26. The highest BCUT2D eigenvalue weighted by molar-refractivity contribution is 5.76. The normalized spacial score (nSPS) is 12.1. The fraction of sp³-hybridized carbons (Fsp3) is 0.562. The average molecular weight is 294 g/mol. The highest BCUT2D eigenvalue weighted by atomic mass is 16.5. The van der Waals surface area contributed by atoms with Crippen molar-refractivity contribution in [3.63, 3.8) is 0 Å². The van der Waals surface area contributed by atoms with Gasteiger partial charge in [0.1, 0.15) is 0 Å². The number of anilines is 1. The molecule has 0 fully saturated rings. The van der Waals surface area contributed by atoms with Crippen LogP contribution in [0, 0.1) is 0 Å². The van der Waals surface area contributed by atoms with Gasteiger partial charge in [-0.3, -0.25) is 4.79 Å². The maximum Gasteiger partial charge on any atom is 0.220 e. The maximum atomic E-state index is 11.8. The Hall–Kier alpha value is -1.59. The minimum atomic E-state index is 0.0659. The lowest BCUT2D eigenvalue weighted by Gasteiger charge is -2.12. The smallest absolute Gasteiger partial charge is 0.220 e. The zero-order chi connectivity index (χ0) is 15.5. The summed E-state index contributed by atoms with van der Waals surface area (Å²) in [5.41, 5.74) is 7.52. The third kappa shape index (κ3) is 7.68. The molecule has 1 unspecified atom stereocenters. The van der Waals surface area contributed by atoms with Crippen LogP contribution in [0.15, 0.2) is 24.3 Å². The molecule has 0 aliphatic heterocycles. The molecule has 0 radical (unpaired) electrons. The van der Waals surface area contributed by atoms with E-state index in [9.17, 15) is 4.79 Å². The van der Waals surface area contributed by atoms with Gasteiger partial charge in [0.05, 0.1) is 13.2 Å². The van der Waals surface area contributed by atoms with Gasteiger partial charge >= 0.3 is 0 Å². The molecular weight excluding hydrogens is 268 g/mol. The zero-order valence-electron chi connectivity index (χ0n) is 12.9. The minimum Gasteiger partial charge on any atom is -0.399 e. The van der Waals surface area contributed by atoms with Gasteiger partial charge in [0, 0.05) is 32.4 Å². The second kappa shape index (κ2) is 10.2. The third-order valence-corrected chi connectivity index (χ3v) is 3.22. The van der Waals surface area contributed by atoms with Gasteiger partial charge in [0.2, 0.25) is 5.91 Å². The first-order valence-electron chi connectivity index (χ1n) is 7.32. The number of carbonyl (C=O) groups excluding carboxylic acids is 1. The van der Waals surface area contributed by atoms with E-state index < -0.39 is 0 Å². The van der Waals surface area contributed by atoms with Crippen LogP contribution < -0.4 is 11.1 Å². The monoisotopic (exact) mass is 294 g/mol. The van der Waals surface area contributed by atoms with E-state index in [-0.39, 0.29) is 11.8 Å². The number of carbonyl (C=O) groups is 1. The van der Waals surface area contributed by atoms with Crippen LogP contribution in [0.4, 0.5) is 5.69 Å². The van der Waals surface area contributed by atoms with Crippen molar-refractivity contribution >= 4 is 11.6 Å². The fourth-order valence-corrected chi connectivity index (χ4v) is 1.94. The molecule has 118 valence electrons. The number of nitrogens with one attached hydrogen (secondary N) is 1. The highest BCUT2D eigenvalue weighted by Gasteiger charge is 2.10. The van der Waals surface area contributed by atoms with Crippen molar-refractivity contribution in [2.24, 2.45) is 0 Å². The van der Waals surface area contributed by atoms with Gasteiger partial charge in [-0.05, 0) is 30.0 Å². The van der Waals surface area contributed by atoms with Gasteiger partial charge in [0.25, 0.3) is 0 Å². The van der Waals surface area contributed by atoms with Crippen molar-refractivity contribution in [2.45, 2.75) is 25.7 Å². The summed E-state index contributed by atoms with van der Waals surface area (Å²) in [6.07, 6.45) is 1.29. The van der Waals surface area contributed by atoms with Gasteiger partial charge in [-0.15, -0.1) is 0 Å². The number of amides is 1. The number of nitrogens with two attached hydrogens (primary N) is 1. The predicted molar refractivity (Wildman–Crippen MR) is 84.2 cm³/mol. The van der Waals surface area contributed by atoms with Gasteiger partial charge < -0.3 is 20.5 Å². The van der Waals surface area contributed by atoms with Crippen LogP contribution in [0.1, 0.15) is 31.2 Å². The van der Waals surface area contributed by atoms with E-state index in [0.29, 0.717) is 32.8 Å². The van der Waals surface area contributed by atoms with E-state index in [0.717, 1.165) is 17.7 Å². The van der Waals surface area contributed by atoms with Crippen molar-refractivity contribution in [1.82, 2.24) is 5.32 Å². The third-order valence-electron chi connectivity index (χ3n) is 3.22. The van der Waals surface area contributed by atoms with Crippen molar-refractivity contribution in [3.05, 3.63) is 29.8 Å². The molecule has 1 atom stereocenters. The summed E-state index contributed by atoms with van der Waals surface area (Å²) >= 11 is 0. The molecule has 5 heteroatoms. The Labute approximate surface area is 126 Å². The van der Waals surface area contributed by atoms with Crippen LogP contribution in [0.2, 0.25) is 0 Å². The number of hydrogen-bond donors (Lipinski definition) is 2. The van der Waals surface area contributed by atoms with E-state index >= 15 is 0 Å². The van der Waals surface area contributed by atoms with Crippen LogP contribution in [-0.4, -0.2) is 39.4 Å². The zero-order valence-corrected chi connectivity index (χ0v) is 12.9. The summed E-state index contributed by atoms with van der Waals surface area (Å²) in [5, 5.41) is 2.91. The van der Waals surface area contributed by atoms with Crippen LogP contribution in [0.3, 0.4) is 0 Å². The molecule has 1 aromatic carbocycles. The van der Waals surface area contributed by atoms with E-state index in [1.165, 1.54) is 0 Å². The molecule has 21 heavy (non-hydrogen) atoms.